The van der Waals surface area contributed by atoms with Gasteiger partial charge in [0.2, 0.25) is 0 Å². The number of hydrogen-bond donors (Lipinski definition) is 3. The van der Waals surface area contributed by atoms with E-state index in [0.717, 1.165) is 42.3 Å². The molecule has 0 amide bonds. The van der Waals surface area contributed by atoms with Crippen molar-refractivity contribution in [2.75, 3.05) is 13.1 Å². The molecule has 0 bridgehead atoms. The maximum absolute atomic E-state index is 10.6. The molecule has 1 heterocycles. The highest BCUT2D eigenvalue weighted by Gasteiger charge is 2.11. The van der Waals surface area contributed by atoms with Crippen molar-refractivity contribution < 1.29 is 9.84 Å². The first-order valence-corrected chi connectivity index (χ1v) is 10.2. The van der Waals surface area contributed by atoms with Crippen molar-refractivity contribution in [3.05, 3.63) is 41.5 Å². The van der Waals surface area contributed by atoms with E-state index in [2.05, 4.69) is 32.7 Å². The number of guanidine groups is 1. The second kappa shape index (κ2) is 11.4. The van der Waals surface area contributed by atoms with Crippen LogP contribution in [0.1, 0.15) is 56.9 Å². The minimum absolute atomic E-state index is 0.0891. The van der Waals surface area contributed by atoms with Gasteiger partial charge in [0.1, 0.15) is 18.1 Å². The van der Waals surface area contributed by atoms with Crippen molar-refractivity contribution in [1.29, 1.82) is 0 Å². The van der Waals surface area contributed by atoms with Gasteiger partial charge < -0.3 is 25.0 Å². The molecule has 0 aliphatic heterocycles. The number of ether oxygens (including phenoxy) is 1. The SMILES string of the molecule is CCCCNC(=NCc1nnc(C)n1C)NCC(O)c1cccc(OC(C)C)c1. The third-order valence-corrected chi connectivity index (χ3v) is 4.46. The molecule has 2 aromatic rings. The minimum Gasteiger partial charge on any atom is -0.491 e. The normalized spacial score (nSPS) is 12.9. The Labute approximate surface area is 173 Å². The molecule has 0 aliphatic rings. The van der Waals surface area contributed by atoms with E-state index in [9.17, 15) is 5.11 Å². The van der Waals surface area contributed by atoms with Crippen molar-refractivity contribution in [3.8, 4) is 5.75 Å². The number of aliphatic imine (C=N–C) groups is 1. The van der Waals surface area contributed by atoms with Crippen LogP contribution in [0.5, 0.6) is 5.75 Å². The van der Waals surface area contributed by atoms with Crippen molar-refractivity contribution in [2.45, 2.75) is 59.3 Å². The monoisotopic (exact) mass is 402 g/mol. The topological polar surface area (TPSA) is 96.6 Å². The van der Waals surface area contributed by atoms with Crippen LogP contribution < -0.4 is 15.4 Å². The van der Waals surface area contributed by atoms with Gasteiger partial charge in [0.05, 0.1) is 12.2 Å². The summed E-state index contributed by atoms with van der Waals surface area (Å²) in [6, 6.07) is 7.55. The van der Waals surface area contributed by atoms with Crippen molar-refractivity contribution in [3.63, 3.8) is 0 Å². The fourth-order valence-corrected chi connectivity index (χ4v) is 2.67. The summed E-state index contributed by atoms with van der Waals surface area (Å²) >= 11 is 0. The molecule has 8 heteroatoms. The number of hydrogen-bond acceptors (Lipinski definition) is 5. The molecule has 1 atom stereocenters. The Bertz CT molecular complexity index is 787. The van der Waals surface area contributed by atoms with Crippen LogP contribution in [-0.4, -0.2) is 45.0 Å². The van der Waals surface area contributed by atoms with Crippen LogP contribution in [0.4, 0.5) is 0 Å². The molecule has 1 aromatic heterocycles. The average molecular weight is 403 g/mol. The first kappa shape index (κ1) is 22.7. The highest BCUT2D eigenvalue weighted by Crippen LogP contribution is 2.19. The molecule has 3 N–H and O–H groups in total. The number of aliphatic hydroxyl groups is 1. The number of nitrogens with one attached hydrogen (secondary N) is 2. The van der Waals surface area contributed by atoms with Crippen LogP contribution in [0.15, 0.2) is 29.3 Å². The van der Waals surface area contributed by atoms with E-state index >= 15 is 0 Å². The summed E-state index contributed by atoms with van der Waals surface area (Å²) in [5.41, 5.74) is 0.799. The highest BCUT2D eigenvalue weighted by molar-refractivity contribution is 5.79. The van der Waals surface area contributed by atoms with Crippen molar-refractivity contribution >= 4 is 5.96 Å². The molecule has 1 unspecified atom stereocenters. The standard InChI is InChI=1S/C21H34N6O2/c1-6-7-11-22-21(24-14-20-26-25-16(4)27(20)5)23-13-19(28)17-9-8-10-18(12-17)29-15(2)3/h8-10,12,15,19,28H,6-7,11,13-14H2,1-5H3,(H2,22,23,24). The van der Waals surface area contributed by atoms with E-state index in [-0.39, 0.29) is 6.10 Å². The molecule has 0 radical (unpaired) electrons. The Hall–Kier alpha value is -2.61. The smallest absolute Gasteiger partial charge is 0.191 e. The number of rotatable bonds is 10. The van der Waals surface area contributed by atoms with Gasteiger partial charge in [-0.15, -0.1) is 10.2 Å². The molecule has 8 nitrogen and oxygen atoms in total. The maximum Gasteiger partial charge on any atom is 0.191 e. The predicted octanol–water partition coefficient (Wildman–Crippen LogP) is 2.48. The molecule has 0 saturated carbocycles. The first-order chi connectivity index (χ1) is 13.9. The molecule has 0 aliphatic carbocycles. The number of unbranched alkanes of at least 4 members (excludes halogenated alkanes) is 1. The second-order valence-electron chi connectivity index (χ2n) is 7.30. The van der Waals surface area contributed by atoms with E-state index in [1.807, 2.05) is 56.7 Å². The zero-order chi connectivity index (χ0) is 21.2. The fourth-order valence-electron chi connectivity index (χ4n) is 2.67. The van der Waals surface area contributed by atoms with E-state index < -0.39 is 6.10 Å². The van der Waals surface area contributed by atoms with Crippen LogP contribution in [0.2, 0.25) is 0 Å². The van der Waals surface area contributed by atoms with Gasteiger partial charge in [-0.25, -0.2) is 4.99 Å². The van der Waals surface area contributed by atoms with Gasteiger partial charge in [-0.3, -0.25) is 0 Å². The lowest BCUT2D eigenvalue weighted by molar-refractivity contribution is 0.179. The molecule has 0 spiro atoms. The van der Waals surface area contributed by atoms with Gasteiger partial charge in [-0.2, -0.15) is 0 Å². The molecule has 160 valence electrons. The maximum atomic E-state index is 10.6. The van der Waals surface area contributed by atoms with Crippen LogP contribution in [-0.2, 0) is 13.6 Å². The first-order valence-electron chi connectivity index (χ1n) is 10.2. The average Bonchev–Trinajstić information content (AvgIpc) is 3.01. The molecule has 2 rings (SSSR count). The lowest BCUT2D eigenvalue weighted by Crippen LogP contribution is -2.40. The second-order valence-corrected chi connectivity index (χ2v) is 7.30. The Balaban J connectivity index is 2.00. The highest BCUT2D eigenvalue weighted by atomic mass is 16.5. The third-order valence-electron chi connectivity index (χ3n) is 4.46. The molecule has 1 aromatic carbocycles. The molecule has 29 heavy (non-hydrogen) atoms. The van der Waals surface area contributed by atoms with E-state index in [4.69, 9.17) is 4.74 Å². The van der Waals surface area contributed by atoms with Crippen LogP contribution in [0, 0.1) is 6.92 Å². The summed E-state index contributed by atoms with van der Waals surface area (Å²) in [6.07, 6.45) is 1.54. The summed E-state index contributed by atoms with van der Waals surface area (Å²) in [6.45, 7) is 9.57. The number of nitrogens with zero attached hydrogens (tertiary/aromatic N) is 4. The van der Waals surface area contributed by atoms with Gasteiger partial charge in [0, 0.05) is 20.1 Å². The van der Waals surface area contributed by atoms with Crippen LogP contribution >= 0.6 is 0 Å². The molecule has 0 fully saturated rings. The zero-order valence-electron chi connectivity index (χ0n) is 18.1. The lowest BCUT2D eigenvalue weighted by atomic mass is 10.1. The summed E-state index contributed by atoms with van der Waals surface area (Å²) in [5.74, 6) is 3.04. The van der Waals surface area contributed by atoms with Gasteiger partial charge in [0.25, 0.3) is 0 Å². The number of aromatic nitrogens is 3. The Morgan fingerprint density at radius 3 is 2.72 bits per heavy atom. The number of benzene rings is 1. The Morgan fingerprint density at radius 2 is 2.07 bits per heavy atom. The molecular weight excluding hydrogens is 368 g/mol. The summed E-state index contributed by atoms with van der Waals surface area (Å²) in [4.78, 5) is 4.60. The van der Waals surface area contributed by atoms with Crippen molar-refractivity contribution in [2.24, 2.45) is 12.0 Å². The summed E-state index contributed by atoms with van der Waals surface area (Å²) in [5, 5.41) is 25.3. The predicted molar refractivity (Wildman–Crippen MR) is 115 cm³/mol. The summed E-state index contributed by atoms with van der Waals surface area (Å²) in [7, 11) is 1.92. The molecule has 0 saturated heterocycles. The number of aryl methyl sites for hydroxylation is 1. The zero-order valence-corrected chi connectivity index (χ0v) is 18.1. The summed E-state index contributed by atoms with van der Waals surface area (Å²) < 4.78 is 7.63. The quantitative estimate of drug-likeness (QED) is 0.321. The lowest BCUT2D eigenvalue weighted by Gasteiger charge is -2.17. The van der Waals surface area contributed by atoms with Crippen LogP contribution in [0.3, 0.4) is 0 Å². The van der Waals surface area contributed by atoms with E-state index in [1.54, 1.807) is 0 Å². The largest absolute Gasteiger partial charge is 0.491 e. The van der Waals surface area contributed by atoms with Gasteiger partial charge >= 0.3 is 0 Å². The molecular formula is C21H34N6O2. The van der Waals surface area contributed by atoms with E-state index in [1.165, 1.54) is 0 Å². The fraction of sp³-hybridized carbons (Fsp3) is 0.571. The minimum atomic E-state index is -0.680. The van der Waals surface area contributed by atoms with Crippen LogP contribution in [0.25, 0.3) is 0 Å². The van der Waals surface area contributed by atoms with Gasteiger partial charge in [-0.05, 0) is 44.9 Å². The van der Waals surface area contributed by atoms with Crippen molar-refractivity contribution in [1.82, 2.24) is 25.4 Å². The van der Waals surface area contributed by atoms with Gasteiger partial charge in [0.15, 0.2) is 11.8 Å². The third kappa shape index (κ3) is 7.38. The van der Waals surface area contributed by atoms with E-state index in [0.29, 0.717) is 19.0 Å². The Morgan fingerprint density at radius 1 is 1.28 bits per heavy atom. The number of aliphatic hydroxyl groups excluding tert-OH is 1. The van der Waals surface area contributed by atoms with Gasteiger partial charge in [-0.1, -0.05) is 25.5 Å². The Kier molecular flexibility index (Phi) is 8.92.